The molecule has 2 saturated heterocycles. The molecule has 0 aromatic heterocycles. The minimum atomic E-state index is -0.718. The van der Waals surface area contributed by atoms with Gasteiger partial charge < -0.3 is 19.3 Å². The molecule has 2 unspecified atom stereocenters. The molecule has 0 aliphatic carbocycles. The second-order valence-electron chi connectivity index (χ2n) is 3.68. The molecule has 72 valence electrons. The zero-order valence-electron chi connectivity index (χ0n) is 7.60. The van der Waals surface area contributed by atoms with E-state index in [0.717, 1.165) is 0 Å². The van der Waals surface area contributed by atoms with Crippen molar-refractivity contribution < 1.29 is 19.3 Å². The Balaban J connectivity index is 2.17. The predicted octanol–water partition coefficient (Wildman–Crippen LogP) is -0.954. The number of aliphatic hydroxyl groups is 1. The highest BCUT2D eigenvalue weighted by Gasteiger charge is 2.52. The van der Waals surface area contributed by atoms with Gasteiger partial charge in [0, 0.05) is 6.00 Å². The molecule has 2 rings (SSSR count). The molecule has 0 aromatic rings. The normalized spacial score (nSPS) is 50.5. The van der Waals surface area contributed by atoms with Gasteiger partial charge in [0.25, 0.3) is 0 Å². The van der Waals surface area contributed by atoms with E-state index in [1.165, 1.54) is 0 Å². The first kappa shape index (κ1) is 9.46. The molecule has 1 N–H and O–H groups in total. The lowest BCUT2D eigenvalue weighted by Crippen LogP contribution is -2.49. The average molecular weight is 184 g/mol. The number of fused-ring (bicyclic) bond motifs is 1. The van der Waals surface area contributed by atoms with Crippen molar-refractivity contribution in [2.75, 3.05) is 19.8 Å². The summed E-state index contributed by atoms with van der Waals surface area (Å²) in [6.07, 6.45) is -0.493. The molecule has 13 heavy (non-hydrogen) atoms. The van der Waals surface area contributed by atoms with Crippen LogP contribution in [-0.4, -0.2) is 56.6 Å². The first-order valence-corrected chi connectivity index (χ1v) is 4.45. The summed E-state index contributed by atoms with van der Waals surface area (Å²) < 4.78 is 16.3. The molecular weight excluding hydrogens is 171 g/mol. The Morgan fingerprint density at radius 1 is 1.46 bits per heavy atom. The molecule has 4 nitrogen and oxygen atoms in total. The van der Waals surface area contributed by atoms with Gasteiger partial charge in [-0.2, -0.15) is 0 Å². The number of rotatable bonds is 1. The van der Waals surface area contributed by atoms with Crippen LogP contribution < -0.4 is 0 Å². The molecule has 4 atom stereocenters. The van der Waals surface area contributed by atoms with Gasteiger partial charge in [0.2, 0.25) is 0 Å². The Kier molecular flexibility index (Phi) is 2.36. The molecule has 0 saturated carbocycles. The Bertz CT molecular complexity index is 201. The van der Waals surface area contributed by atoms with Gasteiger partial charge in [0.1, 0.15) is 25.7 Å². The molecule has 2 fully saturated rings. The third-order valence-electron chi connectivity index (χ3n) is 2.63. The molecule has 0 amide bonds. The number of hydrogen-bond acceptors (Lipinski definition) is 4. The van der Waals surface area contributed by atoms with Crippen molar-refractivity contribution in [3.8, 4) is 0 Å². The highest BCUT2D eigenvalue weighted by molar-refractivity contribution is 6.11. The SMILES string of the molecule is [B][C@@H]1O[C@](C)(CO)C2OCCOC21. The predicted molar refractivity (Wildman–Crippen MR) is 45.6 cm³/mol. The van der Waals surface area contributed by atoms with Crippen LogP contribution in [0, 0.1) is 0 Å². The van der Waals surface area contributed by atoms with Gasteiger partial charge in [-0.25, -0.2) is 0 Å². The van der Waals surface area contributed by atoms with E-state index in [1.807, 2.05) is 0 Å². The van der Waals surface area contributed by atoms with Crippen molar-refractivity contribution in [2.45, 2.75) is 30.7 Å². The second kappa shape index (κ2) is 3.24. The highest BCUT2D eigenvalue weighted by Crippen LogP contribution is 2.35. The number of hydrogen-bond donors (Lipinski definition) is 1. The van der Waals surface area contributed by atoms with Gasteiger partial charge in [-0.05, 0) is 6.92 Å². The Hall–Kier alpha value is -0.0951. The highest BCUT2D eigenvalue weighted by atomic mass is 16.6. The molecule has 2 aliphatic rings. The standard InChI is InChI=1S/C8H13BO4/c1-8(4-10)6-5(7(9)13-8)11-2-3-12-6/h5-7,10H,2-4H2,1H3/t5?,6?,7-,8-/m1/s1. The van der Waals surface area contributed by atoms with E-state index in [4.69, 9.17) is 27.2 Å². The van der Waals surface area contributed by atoms with Gasteiger partial charge in [-0.3, -0.25) is 0 Å². The van der Waals surface area contributed by atoms with Crippen LogP contribution in [0.2, 0.25) is 0 Å². The summed E-state index contributed by atoms with van der Waals surface area (Å²) in [5.74, 6) is 0. The summed E-state index contributed by atoms with van der Waals surface area (Å²) in [6.45, 7) is 2.75. The Morgan fingerprint density at radius 3 is 2.85 bits per heavy atom. The fourth-order valence-corrected chi connectivity index (χ4v) is 1.90. The van der Waals surface area contributed by atoms with Crippen LogP contribution in [-0.2, 0) is 14.2 Å². The lowest BCUT2D eigenvalue weighted by Gasteiger charge is -2.33. The van der Waals surface area contributed by atoms with Crippen LogP contribution in [0.4, 0.5) is 0 Å². The first-order chi connectivity index (χ1) is 6.17. The van der Waals surface area contributed by atoms with Gasteiger partial charge in [-0.15, -0.1) is 0 Å². The summed E-state index contributed by atoms with van der Waals surface area (Å²) in [5, 5.41) is 9.17. The van der Waals surface area contributed by atoms with E-state index in [2.05, 4.69) is 0 Å². The van der Waals surface area contributed by atoms with Gasteiger partial charge in [-0.1, -0.05) is 0 Å². The third kappa shape index (κ3) is 1.40. The summed E-state index contributed by atoms with van der Waals surface area (Å²) in [5.41, 5.74) is -0.718. The molecule has 2 heterocycles. The van der Waals surface area contributed by atoms with Crippen LogP contribution in [0.5, 0.6) is 0 Å². The lowest BCUT2D eigenvalue weighted by molar-refractivity contribution is -0.156. The van der Waals surface area contributed by atoms with E-state index < -0.39 is 11.6 Å². The summed E-state index contributed by atoms with van der Waals surface area (Å²) in [6, 6.07) is -0.498. The van der Waals surface area contributed by atoms with Crippen LogP contribution in [0.15, 0.2) is 0 Å². The van der Waals surface area contributed by atoms with Crippen LogP contribution in [0.25, 0.3) is 0 Å². The molecule has 2 radical (unpaired) electrons. The first-order valence-electron chi connectivity index (χ1n) is 4.45. The minimum Gasteiger partial charge on any atom is -0.393 e. The van der Waals surface area contributed by atoms with Crippen molar-refractivity contribution in [3.63, 3.8) is 0 Å². The molecule has 0 spiro atoms. The third-order valence-corrected chi connectivity index (χ3v) is 2.63. The monoisotopic (exact) mass is 184 g/mol. The summed E-state index contributed by atoms with van der Waals surface area (Å²) in [7, 11) is 5.70. The van der Waals surface area contributed by atoms with Gasteiger partial charge in [0.15, 0.2) is 0 Å². The van der Waals surface area contributed by atoms with E-state index in [1.54, 1.807) is 6.92 Å². The van der Waals surface area contributed by atoms with Gasteiger partial charge >= 0.3 is 0 Å². The van der Waals surface area contributed by atoms with Crippen molar-refractivity contribution in [3.05, 3.63) is 0 Å². The van der Waals surface area contributed by atoms with E-state index in [9.17, 15) is 0 Å². The fourth-order valence-electron chi connectivity index (χ4n) is 1.90. The Labute approximate surface area is 78.6 Å². The molecule has 5 heteroatoms. The maximum atomic E-state index is 9.17. The zero-order chi connectivity index (χ0) is 9.47. The van der Waals surface area contributed by atoms with E-state index in [-0.39, 0.29) is 18.8 Å². The summed E-state index contributed by atoms with van der Waals surface area (Å²) >= 11 is 0. The van der Waals surface area contributed by atoms with Crippen molar-refractivity contribution in [1.29, 1.82) is 0 Å². The second-order valence-corrected chi connectivity index (χ2v) is 3.68. The quantitative estimate of drug-likeness (QED) is 0.533. The van der Waals surface area contributed by atoms with Crippen LogP contribution in [0.1, 0.15) is 6.92 Å². The molecule has 0 aromatic carbocycles. The maximum absolute atomic E-state index is 9.17. The minimum absolute atomic E-state index is 0.106. The van der Waals surface area contributed by atoms with Crippen molar-refractivity contribution in [1.82, 2.24) is 0 Å². The Morgan fingerprint density at radius 2 is 2.15 bits per heavy atom. The molecular formula is C8H13BO4. The van der Waals surface area contributed by atoms with Crippen molar-refractivity contribution in [2.24, 2.45) is 0 Å². The summed E-state index contributed by atoms with van der Waals surface area (Å²) in [4.78, 5) is 0. The van der Waals surface area contributed by atoms with Crippen molar-refractivity contribution >= 4 is 7.85 Å². The van der Waals surface area contributed by atoms with Crippen LogP contribution >= 0.6 is 0 Å². The molecule has 0 bridgehead atoms. The topological polar surface area (TPSA) is 47.9 Å². The molecule has 2 aliphatic heterocycles. The lowest BCUT2D eigenvalue weighted by atomic mass is 9.89. The smallest absolute Gasteiger partial charge is 0.116 e. The average Bonchev–Trinajstić information content (AvgIpc) is 2.42. The van der Waals surface area contributed by atoms with E-state index >= 15 is 0 Å². The zero-order valence-corrected chi connectivity index (χ0v) is 7.60. The van der Waals surface area contributed by atoms with Gasteiger partial charge in [0.05, 0.1) is 19.8 Å². The van der Waals surface area contributed by atoms with Crippen LogP contribution in [0.3, 0.4) is 0 Å². The maximum Gasteiger partial charge on any atom is 0.116 e. The number of aliphatic hydroxyl groups excluding tert-OH is 1. The largest absolute Gasteiger partial charge is 0.393 e. The number of ether oxygens (including phenoxy) is 3. The fraction of sp³-hybridized carbons (Fsp3) is 1.00. The van der Waals surface area contributed by atoms with E-state index in [0.29, 0.717) is 13.2 Å².